The van der Waals surface area contributed by atoms with Gasteiger partial charge in [-0.15, -0.1) is 0 Å². The molecule has 7 heteroatoms. The van der Waals surface area contributed by atoms with Crippen molar-refractivity contribution >= 4 is 28.4 Å². The van der Waals surface area contributed by atoms with E-state index in [-0.39, 0.29) is 5.69 Å². The molecule has 2 aromatic rings. The van der Waals surface area contributed by atoms with Crippen LogP contribution in [0.5, 0.6) is 0 Å². The molecule has 110 valence electrons. The molecule has 2 rings (SSSR count). The zero-order chi connectivity index (χ0) is 15.6. The topological polar surface area (TPSA) is 123 Å². The number of nitrogen functional groups attached to an aromatic ring is 1. The van der Waals surface area contributed by atoms with E-state index in [0.717, 1.165) is 5.39 Å². The molecule has 0 bridgehead atoms. The number of nitrogens with zero attached hydrogens (tertiary/aromatic N) is 1. The van der Waals surface area contributed by atoms with Crippen LogP contribution in [0.1, 0.15) is 24.3 Å². The highest BCUT2D eigenvalue weighted by atomic mass is 16.2. The third-order valence-corrected chi connectivity index (χ3v) is 3.15. The smallest absolute Gasteiger partial charge is 0.270 e. The van der Waals surface area contributed by atoms with Crippen LogP contribution in [0, 0.1) is 0 Å². The first-order valence-electron chi connectivity index (χ1n) is 6.34. The van der Waals surface area contributed by atoms with Crippen molar-refractivity contribution in [2.45, 2.75) is 19.4 Å². The maximum atomic E-state index is 12.2. The standard InChI is InChI=1S/C14H17N5O2/c1-14(2,13(15)21)18-12(20)11-7-10(19-16)8-5-3-4-6-9(8)17-11/h3-7H,16H2,1-2H3,(H2,15,21)(H,17,19)(H,18,20). The molecular weight excluding hydrogens is 270 g/mol. The van der Waals surface area contributed by atoms with E-state index in [1.54, 1.807) is 6.07 Å². The molecule has 0 aliphatic carbocycles. The number of pyridine rings is 1. The number of primary amides is 1. The summed E-state index contributed by atoms with van der Waals surface area (Å²) in [5.74, 6) is 4.35. The summed E-state index contributed by atoms with van der Waals surface area (Å²) in [6, 6.07) is 8.79. The Balaban J connectivity index is 2.43. The highest BCUT2D eigenvalue weighted by Crippen LogP contribution is 2.22. The second-order valence-electron chi connectivity index (χ2n) is 5.16. The number of hydrogen-bond acceptors (Lipinski definition) is 5. The number of rotatable bonds is 4. The number of carbonyl (C=O) groups excluding carboxylic acids is 2. The Hall–Kier alpha value is -2.67. The first-order chi connectivity index (χ1) is 9.85. The number of anilines is 1. The highest BCUT2D eigenvalue weighted by molar-refractivity contribution is 6.01. The minimum absolute atomic E-state index is 0.149. The van der Waals surface area contributed by atoms with E-state index < -0.39 is 17.4 Å². The van der Waals surface area contributed by atoms with Gasteiger partial charge in [0.2, 0.25) is 5.91 Å². The van der Waals surface area contributed by atoms with Gasteiger partial charge in [0.25, 0.3) is 5.91 Å². The van der Waals surface area contributed by atoms with Crippen molar-refractivity contribution < 1.29 is 9.59 Å². The molecule has 0 spiro atoms. The molecule has 2 amide bonds. The first-order valence-corrected chi connectivity index (χ1v) is 6.34. The lowest BCUT2D eigenvalue weighted by atomic mass is 10.0. The van der Waals surface area contributed by atoms with Crippen LogP contribution in [0.2, 0.25) is 0 Å². The molecule has 21 heavy (non-hydrogen) atoms. The van der Waals surface area contributed by atoms with E-state index in [1.807, 2.05) is 18.2 Å². The van der Waals surface area contributed by atoms with E-state index in [4.69, 9.17) is 11.6 Å². The Morgan fingerprint density at radius 2 is 1.90 bits per heavy atom. The number of hydrazine groups is 1. The summed E-state index contributed by atoms with van der Waals surface area (Å²) in [5.41, 5.74) is 7.95. The average molecular weight is 287 g/mol. The molecule has 0 unspecified atom stereocenters. The van der Waals surface area contributed by atoms with Gasteiger partial charge in [0.15, 0.2) is 0 Å². The van der Waals surface area contributed by atoms with E-state index >= 15 is 0 Å². The lowest BCUT2D eigenvalue weighted by Gasteiger charge is -2.22. The second kappa shape index (κ2) is 5.37. The van der Waals surface area contributed by atoms with Gasteiger partial charge in [-0.05, 0) is 26.0 Å². The molecule has 0 fully saturated rings. The van der Waals surface area contributed by atoms with Crippen LogP contribution in [0.4, 0.5) is 5.69 Å². The Morgan fingerprint density at radius 1 is 1.24 bits per heavy atom. The molecule has 1 aromatic heterocycles. The van der Waals surface area contributed by atoms with Gasteiger partial charge in [0.05, 0.1) is 11.2 Å². The molecule has 0 saturated carbocycles. The minimum atomic E-state index is -1.17. The van der Waals surface area contributed by atoms with Gasteiger partial charge in [-0.25, -0.2) is 4.98 Å². The molecule has 1 aromatic carbocycles. The van der Waals surface area contributed by atoms with Crippen molar-refractivity contribution in [3.63, 3.8) is 0 Å². The summed E-state index contributed by atoms with van der Waals surface area (Å²) in [4.78, 5) is 27.8. The summed E-state index contributed by atoms with van der Waals surface area (Å²) in [6.45, 7) is 3.05. The number of fused-ring (bicyclic) bond motifs is 1. The van der Waals surface area contributed by atoms with Gasteiger partial charge >= 0.3 is 0 Å². The fraction of sp³-hybridized carbons (Fsp3) is 0.214. The predicted molar refractivity (Wildman–Crippen MR) is 80.3 cm³/mol. The number of carbonyl (C=O) groups is 2. The van der Waals surface area contributed by atoms with Crippen LogP contribution in [-0.4, -0.2) is 22.3 Å². The fourth-order valence-corrected chi connectivity index (χ4v) is 1.82. The van der Waals surface area contributed by atoms with E-state index in [0.29, 0.717) is 11.2 Å². The predicted octanol–water partition coefficient (Wildman–Crippen LogP) is 0.514. The highest BCUT2D eigenvalue weighted by Gasteiger charge is 2.28. The zero-order valence-electron chi connectivity index (χ0n) is 11.8. The van der Waals surface area contributed by atoms with Crippen LogP contribution < -0.4 is 22.3 Å². The quantitative estimate of drug-likeness (QED) is 0.482. The Kier molecular flexibility index (Phi) is 3.77. The second-order valence-corrected chi connectivity index (χ2v) is 5.16. The lowest BCUT2D eigenvalue weighted by Crippen LogP contribution is -2.53. The van der Waals surface area contributed by atoms with Crippen molar-refractivity contribution in [2.24, 2.45) is 11.6 Å². The first kappa shape index (κ1) is 14.7. The number of amides is 2. The van der Waals surface area contributed by atoms with Crippen LogP contribution in [0.25, 0.3) is 10.9 Å². The van der Waals surface area contributed by atoms with E-state index in [9.17, 15) is 9.59 Å². The van der Waals surface area contributed by atoms with Gasteiger partial charge in [-0.2, -0.15) is 0 Å². The van der Waals surface area contributed by atoms with Gasteiger partial charge in [-0.3, -0.25) is 15.4 Å². The molecular formula is C14H17N5O2. The van der Waals surface area contributed by atoms with E-state index in [2.05, 4.69) is 15.7 Å². The summed E-state index contributed by atoms with van der Waals surface area (Å²) in [7, 11) is 0. The van der Waals surface area contributed by atoms with Gasteiger partial charge in [-0.1, -0.05) is 18.2 Å². The van der Waals surface area contributed by atoms with E-state index in [1.165, 1.54) is 19.9 Å². The van der Waals surface area contributed by atoms with Crippen LogP contribution in [-0.2, 0) is 4.79 Å². The number of nitrogens with two attached hydrogens (primary N) is 2. The summed E-state index contributed by atoms with van der Waals surface area (Å²) in [5, 5.41) is 3.34. The molecule has 0 radical (unpaired) electrons. The third kappa shape index (κ3) is 2.92. The lowest BCUT2D eigenvalue weighted by molar-refractivity contribution is -0.122. The monoisotopic (exact) mass is 287 g/mol. The third-order valence-electron chi connectivity index (χ3n) is 3.15. The SMILES string of the molecule is CC(C)(NC(=O)c1cc(NN)c2ccccc2n1)C(N)=O. The molecule has 0 atom stereocenters. The van der Waals surface area contributed by atoms with Crippen molar-refractivity contribution in [3.8, 4) is 0 Å². The number of para-hydroxylation sites is 1. The molecule has 1 heterocycles. The normalized spacial score (nSPS) is 11.2. The van der Waals surface area contributed by atoms with Crippen molar-refractivity contribution in [1.29, 1.82) is 0 Å². The van der Waals surface area contributed by atoms with Crippen molar-refractivity contribution in [3.05, 3.63) is 36.0 Å². The molecule has 0 aliphatic rings. The molecule has 7 nitrogen and oxygen atoms in total. The fourth-order valence-electron chi connectivity index (χ4n) is 1.82. The van der Waals surface area contributed by atoms with Crippen molar-refractivity contribution in [1.82, 2.24) is 10.3 Å². The number of benzene rings is 1. The van der Waals surface area contributed by atoms with Gasteiger partial charge in [0, 0.05) is 5.39 Å². The van der Waals surface area contributed by atoms with Crippen LogP contribution >= 0.6 is 0 Å². The number of hydrogen-bond donors (Lipinski definition) is 4. The van der Waals surface area contributed by atoms with Crippen molar-refractivity contribution in [2.75, 3.05) is 5.43 Å². The van der Waals surface area contributed by atoms with Gasteiger partial charge < -0.3 is 16.5 Å². The summed E-state index contributed by atoms with van der Waals surface area (Å²) in [6.07, 6.45) is 0. The summed E-state index contributed by atoms with van der Waals surface area (Å²) < 4.78 is 0. The molecule has 6 N–H and O–H groups in total. The number of aromatic nitrogens is 1. The van der Waals surface area contributed by atoms with Gasteiger partial charge in [0.1, 0.15) is 11.2 Å². The molecule has 0 saturated heterocycles. The Labute approximate surface area is 121 Å². The largest absolute Gasteiger partial charge is 0.368 e. The average Bonchev–Trinajstić information content (AvgIpc) is 2.45. The Morgan fingerprint density at radius 3 is 2.52 bits per heavy atom. The Bertz CT molecular complexity index is 712. The van der Waals surface area contributed by atoms with Crippen LogP contribution in [0.15, 0.2) is 30.3 Å². The maximum Gasteiger partial charge on any atom is 0.270 e. The zero-order valence-corrected chi connectivity index (χ0v) is 11.8. The minimum Gasteiger partial charge on any atom is -0.368 e. The van der Waals surface area contributed by atoms with Crippen LogP contribution in [0.3, 0.4) is 0 Å². The maximum absolute atomic E-state index is 12.2. The molecule has 0 aliphatic heterocycles. The number of nitrogens with one attached hydrogen (secondary N) is 2. The summed E-state index contributed by atoms with van der Waals surface area (Å²) >= 11 is 0.